The number of rotatable bonds is 0. The molecule has 0 spiro atoms. The SMILES string of the molecule is O=C1C(=O)c2c(nc3ccc(Cl)cn23)-c2ccccc21. The number of aromatic nitrogens is 2. The van der Waals surface area contributed by atoms with Crippen LogP contribution in [0.2, 0.25) is 5.02 Å². The second-order valence-electron chi connectivity index (χ2n) is 4.59. The number of pyridine rings is 1. The molecule has 4 nitrogen and oxygen atoms in total. The predicted octanol–water partition coefficient (Wildman–Crippen LogP) is 3.03. The highest BCUT2D eigenvalue weighted by atomic mass is 35.5. The molecule has 3 aromatic rings. The third-order valence-corrected chi connectivity index (χ3v) is 3.65. The number of Topliss-reactive ketones (excluding diaryl/α,β-unsaturated/α-hetero) is 2. The van der Waals surface area contributed by atoms with E-state index in [0.29, 0.717) is 27.5 Å². The average molecular weight is 283 g/mol. The maximum atomic E-state index is 12.3. The number of carbonyl (C=O) groups excluding carboxylic acids is 2. The fraction of sp³-hybridized carbons (Fsp3) is 0. The lowest BCUT2D eigenvalue weighted by atomic mass is 9.90. The predicted molar refractivity (Wildman–Crippen MR) is 74.3 cm³/mol. The van der Waals surface area contributed by atoms with E-state index >= 15 is 0 Å². The molecule has 1 aromatic carbocycles. The van der Waals surface area contributed by atoms with Crippen molar-refractivity contribution in [3.63, 3.8) is 0 Å². The van der Waals surface area contributed by atoms with Crippen LogP contribution in [0.25, 0.3) is 16.9 Å². The summed E-state index contributed by atoms with van der Waals surface area (Å²) in [5.74, 6) is -1.05. The number of hydrogen-bond donors (Lipinski definition) is 0. The van der Waals surface area contributed by atoms with Crippen LogP contribution in [0.1, 0.15) is 20.8 Å². The first-order chi connectivity index (χ1) is 9.66. The zero-order chi connectivity index (χ0) is 13.9. The lowest BCUT2D eigenvalue weighted by Gasteiger charge is -2.13. The molecular weight excluding hydrogens is 276 g/mol. The first kappa shape index (κ1) is 11.4. The Morgan fingerprint density at radius 2 is 1.70 bits per heavy atom. The lowest BCUT2D eigenvalue weighted by molar-refractivity contribution is 0.0812. The molecule has 0 radical (unpaired) electrons. The molecule has 0 aliphatic heterocycles. The Balaban J connectivity index is 2.18. The molecule has 4 rings (SSSR count). The summed E-state index contributed by atoms with van der Waals surface area (Å²) in [4.78, 5) is 28.9. The monoisotopic (exact) mass is 282 g/mol. The smallest absolute Gasteiger partial charge is 0.252 e. The summed E-state index contributed by atoms with van der Waals surface area (Å²) >= 11 is 5.96. The second-order valence-corrected chi connectivity index (χ2v) is 5.02. The third-order valence-electron chi connectivity index (χ3n) is 3.43. The van der Waals surface area contributed by atoms with Gasteiger partial charge in [-0.15, -0.1) is 0 Å². The maximum absolute atomic E-state index is 12.3. The van der Waals surface area contributed by atoms with Crippen molar-refractivity contribution in [2.75, 3.05) is 0 Å². The van der Waals surface area contributed by atoms with Crippen LogP contribution in [-0.4, -0.2) is 21.0 Å². The topological polar surface area (TPSA) is 51.4 Å². The van der Waals surface area contributed by atoms with Crippen molar-refractivity contribution in [3.8, 4) is 11.3 Å². The van der Waals surface area contributed by atoms with Crippen molar-refractivity contribution in [3.05, 3.63) is 58.9 Å². The number of halogens is 1. The van der Waals surface area contributed by atoms with Crippen LogP contribution in [0, 0.1) is 0 Å². The first-order valence-corrected chi connectivity index (χ1v) is 6.40. The van der Waals surface area contributed by atoms with E-state index in [1.54, 1.807) is 40.9 Å². The molecule has 2 heterocycles. The molecule has 0 bridgehead atoms. The molecule has 0 saturated heterocycles. The number of ketones is 2. The van der Waals surface area contributed by atoms with Gasteiger partial charge < -0.3 is 0 Å². The number of carbonyl (C=O) groups is 2. The van der Waals surface area contributed by atoms with E-state index in [1.807, 2.05) is 6.07 Å². The molecule has 5 heteroatoms. The van der Waals surface area contributed by atoms with Crippen LogP contribution in [-0.2, 0) is 0 Å². The average Bonchev–Trinajstić information content (AvgIpc) is 2.83. The van der Waals surface area contributed by atoms with Crippen molar-refractivity contribution in [2.24, 2.45) is 0 Å². The Hall–Kier alpha value is -2.46. The molecule has 0 fully saturated rings. The van der Waals surface area contributed by atoms with E-state index in [0.717, 1.165) is 0 Å². The molecule has 0 saturated carbocycles. The number of hydrogen-bond acceptors (Lipinski definition) is 3. The van der Waals surface area contributed by atoms with E-state index in [1.165, 1.54) is 0 Å². The van der Waals surface area contributed by atoms with Gasteiger partial charge in [-0.1, -0.05) is 35.9 Å². The quantitative estimate of drug-likeness (QED) is 0.596. The molecule has 0 N–H and O–H groups in total. The summed E-state index contributed by atoms with van der Waals surface area (Å²) in [6.45, 7) is 0. The molecule has 0 atom stereocenters. The van der Waals surface area contributed by atoms with Crippen molar-refractivity contribution in [2.45, 2.75) is 0 Å². The molecule has 2 aromatic heterocycles. The largest absolute Gasteiger partial charge is 0.295 e. The van der Waals surface area contributed by atoms with Gasteiger partial charge in [0, 0.05) is 17.3 Å². The van der Waals surface area contributed by atoms with E-state index in [4.69, 9.17) is 11.6 Å². The van der Waals surface area contributed by atoms with Crippen molar-refractivity contribution >= 4 is 28.8 Å². The molecule has 20 heavy (non-hydrogen) atoms. The van der Waals surface area contributed by atoms with Gasteiger partial charge in [0.05, 0.1) is 5.02 Å². The van der Waals surface area contributed by atoms with Crippen LogP contribution in [0.15, 0.2) is 42.6 Å². The zero-order valence-electron chi connectivity index (χ0n) is 10.1. The summed E-state index contributed by atoms with van der Waals surface area (Å²) in [5.41, 5.74) is 2.50. The fourth-order valence-electron chi connectivity index (χ4n) is 2.54. The van der Waals surface area contributed by atoms with E-state index in [2.05, 4.69) is 4.98 Å². The van der Waals surface area contributed by atoms with Gasteiger partial charge in [-0.05, 0) is 12.1 Å². The standard InChI is InChI=1S/C15H7ClN2O2/c16-8-5-6-11-17-12-9-3-1-2-4-10(9)14(19)15(20)13(12)18(11)7-8/h1-7H. The minimum Gasteiger partial charge on any atom is -0.295 e. The number of fused-ring (bicyclic) bond motifs is 5. The molecular formula is C15H7ClN2O2. The van der Waals surface area contributed by atoms with E-state index in [-0.39, 0.29) is 5.69 Å². The Labute approximate surface area is 118 Å². The van der Waals surface area contributed by atoms with Crippen LogP contribution >= 0.6 is 11.6 Å². The highest BCUT2D eigenvalue weighted by Crippen LogP contribution is 2.33. The number of benzene rings is 1. The molecule has 0 unspecified atom stereocenters. The van der Waals surface area contributed by atoms with Gasteiger partial charge in [0.1, 0.15) is 17.0 Å². The van der Waals surface area contributed by atoms with Crippen molar-refractivity contribution in [1.82, 2.24) is 9.38 Å². The van der Waals surface area contributed by atoms with E-state index in [9.17, 15) is 9.59 Å². The minimum absolute atomic E-state index is 0.284. The molecule has 0 amide bonds. The summed E-state index contributed by atoms with van der Waals surface area (Å²) < 4.78 is 1.58. The van der Waals surface area contributed by atoms with Crippen LogP contribution in [0.4, 0.5) is 0 Å². The number of nitrogens with zero attached hydrogens (tertiary/aromatic N) is 2. The van der Waals surface area contributed by atoms with Crippen LogP contribution < -0.4 is 0 Å². The minimum atomic E-state index is -0.548. The Morgan fingerprint density at radius 1 is 0.950 bits per heavy atom. The van der Waals surface area contributed by atoms with Gasteiger partial charge in [-0.3, -0.25) is 14.0 Å². The highest BCUT2D eigenvalue weighted by molar-refractivity contribution is 6.52. The van der Waals surface area contributed by atoms with Gasteiger partial charge in [-0.2, -0.15) is 0 Å². The molecule has 96 valence electrons. The normalized spacial score (nSPS) is 13.4. The third kappa shape index (κ3) is 1.34. The highest BCUT2D eigenvalue weighted by Gasteiger charge is 2.34. The Kier molecular flexibility index (Phi) is 2.15. The zero-order valence-corrected chi connectivity index (χ0v) is 10.9. The van der Waals surface area contributed by atoms with Gasteiger partial charge in [0.2, 0.25) is 5.78 Å². The van der Waals surface area contributed by atoms with Gasteiger partial charge in [-0.25, -0.2) is 4.98 Å². The van der Waals surface area contributed by atoms with Gasteiger partial charge in [0.25, 0.3) is 5.78 Å². The summed E-state index contributed by atoms with van der Waals surface area (Å²) in [7, 11) is 0. The fourth-order valence-corrected chi connectivity index (χ4v) is 2.70. The lowest BCUT2D eigenvalue weighted by Crippen LogP contribution is -2.22. The second kappa shape index (κ2) is 3.77. The molecule has 1 aliphatic rings. The van der Waals surface area contributed by atoms with Gasteiger partial charge >= 0.3 is 0 Å². The van der Waals surface area contributed by atoms with Gasteiger partial charge in [0.15, 0.2) is 0 Å². The van der Waals surface area contributed by atoms with Crippen molar-refractivity contribution < 1.29 is 9.59 Å². The first-order valence-electron chi connectivity index (χ1n) is 6.03. The van der Waals surface area contributed by atoms with E-state index < -0.39 is 11.6 Å². The summed E-state index contributed by atoms with van der Waals surface area (Å²) in [6.07, 6.45) is 1.60. The number of imidazole rings is 1. The van der Waals surface area contributed by atoms with Crippen molar-refractivity contribution in [1.29, 1.82) is 0 Å². The Bertz CT molecular complexity index is 911. The Morgan fingerprint density at radius 3 is 2.50 bits per heavy atom. The summed E-state index contributed by atoms with van der Waals surface area (Å²) in [6, 6.07) is 10.4. The van der Waals surface area contributed by atoms with Crippen LogP contribution in [0.3, 0.4) is 0 Å². The maximum Gasteiger partial charge on any atom is 0.252 e. The summed E-state index contributed by atoms with van der Waals surface area (Å²) in [5, 5.41) is 0.483. The van der Waals surface area contributed by atoms with Crippen LogP contribution in [0.5, 0.6) is 0 Å². The molecule has 1 aliphatic carbocycles.